The van der Waals surface area contributed by atoms with E-state index in [4.69, 9.17) is 5.11 Å². The van der Waals surface area contributed by atoms with Crippen molar-refractivity contribution in [2.75, 3.05) is 26.7 Å². The maximum atomic E-state index is 12.7. The lowest BCUT2D eigenvalue weighted by Gasteiger charge is -2.32. The molecule has 1 atom stereocenters. The Labute approximate surface area is 136 Å². The molecular formula is C17H26N2O4. The van der Waals surface area contributed by atoms with E-state index in [9.17, 15) is 14.4 Å². The van der Waals surface area contributed by atoms with Crippen LogP contribution in [0.5, 0.6) is 0 Å². The van der Waals surface area contributed by atoms with E-state index in [1.54, 1.807) is 16.8 Å². The van der Waals surface area contributed by atoms with Crippen LogP contribution in [0.25, 0.3) is 0 Å². The molecule has 3 rings (SSSR count). The maximum Gasteiger partial charge on any atom is 0.308 e. The van der Waals surface area contributed by atoms with Crippen LogP contribution >= 0.6 is 0 Å². The molecule has 1 saturated heterocycles. The van der Waals surface area contributed by atoms with Gasteiger partial charge in [0.2, 0.25) is 11.8 Å². The number of hydrogen-bond donors (Lipinski definition) is 1. The molecule has 128 valence electrons. The van der Waals surface area contributed by atoms with E-state index in [1.807, 2.05) is 0 Å². The number of carboxylic acids is 1. The van der Waals surface area contributed by atoms with Crippen molar-refractivity contribution in [2.24, 2.45) is 23.7 Å². The number of carbonyl (C=O) groups is 3. The van der Waals surface area contributed by atoms with E-state index in [0.717, 1.165) is 25.7 Å². The van der Waals surface area contributed by atoms with Crippen LogP contribution in [-0.4, -0.2) is 59.4 Å². The molecule has 0 aromatic heterocycles. The highest BCUT2D eigenvalue weighted by Gasteiger charge is 2.46. The van der Waals surface area contributed by atoms with Gasteiger partial charge in [0, 0.05) is 26.1 Å². The molecule has 0 radical (unpaired) electrons. The lowest BCUT2D eigenvalue weighted by atomic mass is 9.96. The van der Waals surface area contributed by atoms with E-state index >= 15 is 0 Å². The van der Waals surface area contributed by atoms with Crippen molar-refractivity contribution in [3.05, 3.63) is 0 Å². The first-order valence-corrected chi connectivity index (χ1v) is 8.73. The number of nitrogens with zero attached hydrogens (tertiary/aromatic N) is 2. The highest BCUT2D eigenvalue weighted by atomic mass is 16.4. The fraction of sp³-hybridized carbons (Fsp3) is 0.824. The van der Waals surface area contributed by atoms with Crippen molar-refractivity contribution in [3.63, 3.8) is 0 Å². The van der Waals surface area contributed by atoms with Gasteiger partial charge in [0.15, 0.2) is 0 Å². The van der Waals surface area contributed by atoms with Gasteiger partial charge in [-0.05, 0) is 50.4 Å². The quantitative estimate of drug-likeness (QED) is 0.797. The number of amides is 2. The predicted octanol–water partition coefficient (Wildman–Crippen LogP) is 1.20. The lowest BCUT2D eigenvalue weighted by molar-refractivity contribution is -0.148. The average molecular weight is 322 g/mol. The van der Waals surface area contributed by atoms with E-state index in [2.05, 4.69) is 0 Å². The number of aliphatic carboxylic acids is 1. The number of carboxylic acid groups (broad SMARTS) is 1. The topological polar surface area (TPSA) is 77.9 Å². The minimum Gasteiger partial charge on any atom is -0.481 e. The molecule has 2 saturated carbocycles. The second-order valence-electron chi connectivity index (χ2n) is 7.41. The first kappa shape index (κ1) is 16.3. The normalized spacial score (nSPS) is 24.6. The molecule has 6 heteroatoms. The van der Waals surface area contributed by atoms with Crippen molar-refractivity contribution < 1.29 is 19.5 Å². The molecule has 0 aromatic carbocycles. The highest BCUT2D eigenvalue weighted by Crippen LogP contribution is 2.49. The molecule has 23 heavy (non-hydrogen) atoms. The van der Waals surface area contributed by atoms with Gasteiger partial charge in [-0.1, -0.05) is 0 Å². The molecule has 2 aliphatic carbocycles. The Morgan fingerprint density at radius 1 is 1.13 bits per heavy atom. The van der Waals surface area contributed by atoms with Gasteiger partial charge in [0.25, 0.3) is 0 Å². The molecule has 1 unspecified atom stereocenters. The van der Waals surface area contributed by atoms with Gasteiger partial charge in [0.1, 0.15) is 0 Å². The largest absolute Gasteiger partial charge is 0.481 e. The van der Waals surface area contributed by atoms with Crippen molar-refractivity contribution >= 4 is 17.8 Å². The average Bonchev–Trinajstić information content (AvgIpc) is 3.42. The number of hydrogen-bond acceptors (Lipinski definition) is 3. The fourth-order valence-electron chi connectivity index (χ4n) is 3.74. The van der Waals surface area contributed by atoms with Gasteiger partial charge in [-0.25, -0.2) is 0 Å². The minimum absolute atomic E-state index is 0.0705. The number of likely N-dealkylation sites (tertiary alicyclic amines) is 1. The number of carbonyl (C=O) groups excluding carboxylic acids is 2. The van der Waals surface area contributed by atoms with E-state index < -0.39 is 11.9 Å². The van der Waals surface area contributed by atoms with Gasteiger partial charge in [-0.2, -0.15) is 0 Å². The molecule has 2 amide bonds. The molecule has 3 aliphatic rings. The Bertz CT molecular complexity index is 487. The van der Waals surface area contributed by atoms with E-state index in [1.165, 1.54) is 0 Å². The second-order valence-corrected chi connectivity index (χ2v) is 7.41. The highest BCUT2D eigenvalue weighted by molar-refractivity contribution is 5.86. The standard InChI is InChI=1S/C17H26N2O4/c1-18(16(21)15(11-4-5-11)12-6-7-12)10-14(20)19-8-2-3-13(9-19)17(22)23/h11-13,15H,2-10H2,1H3,(H,22,23). The van der Waals surface area contributed by atoms with Crippen LogP contribution in [-0.2, 0) is 14.4 Å². The molecule has 0 spiro atoms. The predicted molar refractivity (Wildman–Crippen MR) is 83.5 cm³/mol. The van der Waals surface area contributed by atoms with Gasteiger partial charge in [0.05, 0.1) is 12.5 Å². The number of rotatable bonds is 6. The van der Waals surface area contributed by atoms with Crippen LogP contribution in [0.4, 0.5) is 0 Å². The van der Waals surface area contributed by atoms with Crippen molar-refractivity contribution in [2.45, 2.75) is 38.5 Å². The van der Waals surface area contributed by atoms with Crippen LogP contribution in [0.2, 0.25) is 0 Å². The third-order valence-electron chi connectivity index (χ3n) is 5.42. The summed E-state index contributed by atoms with van der Waals surface area (Å²) >= 11 is 0. The summed E-state index contributed by atoms with van der Waals surface area (Å²) in [5, 5.41) is 9.11. The van der Waals surface area contributed by atoms with Crippen LogP contribution in [0, 0.1) is 23.7 Å². The molecule has 3 fully saturated rings. The van der Waals surface area contributed by atoms with Crippen LogP contribution in [0.15, 0.2) is 0 Å². The Hall–Kier alpha value is -1.59. The Balaban J connectivity index is 1.54. The molecule has 6 nitrogen and oxygen atoms in total. The van der Waals surface area contributed by atoms with Crippen molar-refractivity contribution in [3.8, 4) is 0 Å². The van der Waals surface area contributed by atoms with Gasteiger partial charge >= 0.3 is 5.97 Å². The SMILES string of the molecule is CN(CC(=O)N1CCCC(C(=O)O)C1)C(=O)C(C1CC1)C1CC1. The summed E-state index contributed by atoms with van der Waals surface area (Å²) in [5.74, 6) is -0.167. The fourth-order valence-corrected chi connectivity index (χ4v) is 3.74. The van der Waals surface area contributed by atoms with E-state index in [-0.39, 0.29) is 30.8 Å². The summed E-state index contributed by atoms with van der Waals surface area (Å²) < 4.78 is 0. The molecule has 0 aromatic rings. The van der Waals surface area contributed by atoms with Gasteiger partial charge in [-0.3, -0.25) is 14.4 Å². The molecule has 1 N–H and O–H groups in total. The monoisotopic (exact) mass is 322 g/mol. The minimum atomic E-state index is -0.838. The third kappa shape index (κ3) is 3.85. The zero-order chi connectivity index (χ0) is 16.6. The summed E-state index contributed by atoms with van der Waals surface area (Å²) in [7, 11) is 1.70. The van der Waals surface area contributed by atoms with Crippen molar-refractivity contribution in [1.29, 1.82) is 0 Å². The number of piperidine rings is 1. The summed E-state index contributed by atoms with van der Waals surface area (Å²) in [5.41, 5.74) is 0. The molecule has 1 heterocycles. The zero-order valence-corrected chi connectivity index (χ0v) is 13.7. The first-order valence-electron chi connectivity index (χ1n) is 8.73. The Kier molecular flexibility index (Phi) is 4.60. The van der Waals surface area contributed by atoms with Gasteiger partial charge < -0.3 is 14.9 Å². The van der Waals surface area contributed by atoms with E-state index in [0.29, 0.717) is 31.2 Å². The first-order chi connectivity index (χ1) is 11.0. The Morgan fingerprint density at radius 3 is 2.26 bits per heavy atom. The summed E-state index contributed by atoms with van der Waals surface area (Å²) in [6.07, 6.45) is 5.90. The Morgan fingerprint density at radius 2 is 1.74 bits per heavy atom. The molecule has 0 bridgehead atoms. The second kappa shape index (κ2) is 6.49. The summed E-state index contributed by atoms with van der Waals surface area (Å²) in [6, 6.07) is 0. The van der Waals surface area contributed by atoms with Crippen LogP contribution in [0.1, 0.15) is 38.5 Å². The molecule has 1 aliphatic heterocycles. The summed E-state index contributed by atoms with van der Waals surface area (Å²) in [4.78, 5) is 39.3. The molecular weight excluding hydrogens is 296 g/mol. The lowest BCUT2D eigenvalue weighted by Crippen LogP contribution is -2.48. The smallest absolute Gasteiger partial charge is 0.308 e. The van der Waals surface area contributed by atoms with Crippen molar-refractivity contribution in [1.82, 2.24) is 9.80 Å². The van der Waals surface area contributed by atoms with Crippen LogP contribution < -0.4 is 0 Å². The number of likely N-dealkylation sites (N-methyl/N-ethyl adjacent to an activating group) is 1. The van der Waals surface area contributed by atoms with Crippen LogP contribution in [0.3, 0.4) is 0 Å². The third-order valence-corrected chi connectivity index (χ3v) is 5.42. The van der Waals surface area contributed by atoms with Gasteiger partial charge in [-0.15, -0.1) is 0 Å². The maximum absolute atomic E-state index is 12.7. The zero-order valence-electron chi connectivity index (χ0n) is 13.7. The summed E-state index contributed by atoms with van der Waals surface area (Å²) in [6.45, 7) is 0.936.